The standard InChI is InChI=1S/C31H32N6O6S2/c1-5-42-24-14-12-23(13-15-24)37-30(39)26(18-28(38)32-22-10-6-20(2)7-11-22)36(31(37)44)19-27-29(43-34-35(27)4)33-45(40,41)25-16-8-21(3)9-17-25/h6-17,26H,5,18-19H2,1-4H3,(H,32,38)/b33-29-. The maximum atomic E-state index is 13.9. The average molecular weight is 649 g/mol. The van der Waals surface area contributed by atoms with Gasteiger partial charge in [-0.15, -0.1) is 4.40 Å². The number of carbonyl (C=O) groups excluding carboxylic acids is 2. The molecule has 234 valence electrons. The van der Waals surface area contributed by atoms with Crippen molar-refractivity contribution in [3.63, 3.8) is 0 Å². The fourth-order valence-corrected chi connectivity index (χ4v) is 6.08. The van der Waals surface area contributed by atoms with Crippen LogP contribution in [0.1, 0.15) is 30.2 Å². The second kappa shape index (κ2) is 13.0. The van der Waals surface area contributed by atoms with E-state index in [1.807, 2.05) is 32.9 Å². The second-order valence-corrected chi connectivity index (χ2v) is 12.4. The third kappa shape index (κ3) is 6.97. The molecule has 5 rings (SSSR count). The molecule has 0 spiro atoms. The molecule has 1 aliphatic rings. The molecule has 4 aromatic rings. The molecule has 1 atom stereocenters. The Labute approximate surface area is 265 Å². The Balaban J connectivity index is 1.49. The van der Waals surface area contributed by atoms with Gasteiger partial charge in [0.15, 0.2) is 5.11 Å². The number of amides is 2. The number of thiocarbonyl (C=S) groups is 1. The highest BCUT2D eigenvalue weighted by molar-refractivity contribution is 7.90. The maximum Gasteiger partial charge on any atom is 0.289 e. The van der Waals surface area contributed by atoms with Crippen LogP contribution in [0.3, 0.4) is 0 Å². The average Bonchev–Trinajstić information content (AvgIpc) is 3.45. The van der Waals surface area contributed by atoms with E-state index in [0.29, 0.717) is 23.7 Å². The van der Waals surface area contributed by atoms with E-state index in [0.717, 1.165) is 11.1 Å². The highest BCUT2D eigenvalue weighted by Gasteiger charge is 2.45. The van der Waals surface area contributed by atoms with Crippen molar-refractivity contribution in [2.24, 2.45) is 11.4 Å². The zero-order chi connectivity index (χ0) is 32.3. The molecule has 2 heterocycles. The van der Waals surface area contributed by atoms with Gasteiger partial charge in [0.05, 0.1) is 23.6 Å². The molecule has 1 saturated heterocycles. The fourth-order valence-electron chi connectivity index (χ4n) is 4.75. The van der Waals surface area contributed by atoms with E-state index >= 15 is 0 Å². The van der Waals surface area contributed by atoms with Gasteiger partial charge in [0, 0.05) is 5.69 Å². The summed E-state index contributed by atoms with van der Waals surface area (Å²) in [5, 5.41) is 6.82. The van der Waals surface area contributed by atoms with Crippen molar-refractivity contribution < 1.29 is 31.9 Å². The van der Waals surface area contributed by atoms with E-state index in [9.17, 15) is 18.0 Å². The monoisotopic (exact) mass is 648 g/mol. The van der Waals surface area contributed by atoms with Gasteiger partial charge in [0.1, 0.15) is 25.4 Å². The quantitative estimate of drug-likeness (QED) is 0.203. The number of anilines is 2. The third-order valence-corrected chi connectivity index (χ3v) is 8.86. The van der Waals surface area contributed by atoms with Crippen LogP contribution in [0.15, 0.2) is 86.6 Å². The summed E-state index contributed by atoms with van der Waals surface area (Å²) in [7, 11) is -2.60. The lowest BCUT2D eigenvalue weighted by atomic mass is 10.1. The first-order valence-corrected chi connectivity index (χ1v) is 15.9. The molecular formula is C31H32N6O6S2. The van der Waals surface area contributed by atoms with Gasteiger partial charge in [-0.1, -0.05) is 35.4 Å². The predicted molar refractivity (Wildman–Crippen MR) is 169 cm³/mol. The van der Waals surface area contributed by atoms with Crippen molar-refractivity contribution in [3.05, 3.63) is 95.2 Å². The number of nitrogens with zero attached hydrogens (tertiary/aromatic N) is 5. The van der Waals surface area contributed by atoms with Crippen LogP contribution in [-0.4, -0.2) is 42.9 Å². The number of aryl methyl sites for hydroxylation is 3. The first-order chi connectivity index (χ1) is 21.5. The van der Waals surface area contributed by atoms with E-state index < -0.39 is 27.9 Å². The normalized spacial score (nSPS) is 15.6. The highest BCUT2D eigenvalue weighted by atomic mass is 32.2. The number of rotatable bonds is 10. The first-order valence-electron chi connectivity index (χ1n) is 14.1. The Morgan fingerprint density at radius 1 is 1.04 bits per heavy atom. The van der Waals surface area contributed by atoms with Gasteiger partial charge < -0.3 is 19.5 Å². The molecule has 0 bridgehead atoms. The van der Waals surface area contributed by atoms with Crippen LogP contribution in [0, 0.1) is 13.8 Å². The van der Waals surface area contributed by atoms with Crippen LogP contribution in [0.4, 0.5) is 11.4 Å². The molecule has 0 aliphatic carbocycles. The number of benzene rings is 3. The van der Waals surface area contributed by atoms with Gasteiger partial charge in [-0.05, 0) is 81.5 Å². The van der Waals surface area contributed by atoms with Gasteiger partial charge in [-0.2, -0.15) is 8.42 Å². The van der Waals surface area contributed by atoms with Crippen molar-refractivity contribution in [3.8, 4) is 5.75 Å². The van der Waals surface area contributed by atoms with Gasteiger partial charge >= 0.3 is 0 Å². The lowest BCUT2D eigenvalue weighted by molar-refractivity contribution is -0.752. The molecule has 2 amide bonds. The zero-order valence-corrected chi connectivity index (χ0v) is 26.8. The summed E-state index contributed by atoms with van der Waals surface area (Å²) in [6, 6.07) is 19.4. The Bertz CT molecular complexity index is 1900. The van der Waals surface area contributed by atoms with E-state index in [4.69, 9.17) is 21.5 Å². The smallest absolute Gasteiger partial charge is 0.289 e. The van der Waals surface area contributed by atoms with Crippen LogP contribution in [-0.2, 0) is 33.2 Å². The molecule has 3 aromatic carbocycles. The third-order valence-electron chi connectivity index (χ3n) is 7.17. The summed E-state index contributed by atoms with van der Waals surface area (Å²) in [5.74, 6) is -0.199. The maximum absolute atomic E-state index is 13.9. The van der Waals surface area contributed by atoms with Crippen molar-refractivity contribution in [1.29, 1.82) is 0 Å². The summed E-state index contributed by atoms with van der Waals surface area (Å²) in [6.07, 6.45) is -0.233. The van der Waals surface area contributed by atoms with E-state index in [1.165, 1.54) is 21.7 Å². The highest BCUT2D eigenvalue weighted by Crippen LogP contribution is 2.30. The van der Waals surface area contributed by atoms with Crippen molar-refractivity contribution in [1.82, 2.24) is 10.2 Å². The molecule has 1 fully saturated rings. The largest absolute Gasteiger partial charge is 0.494 e. The second-order valence-electron chi connectivity index (χ2n) is 10.5. The summed E-state index contributed by atoms with van der Waals surface area (Å²) < 4.78 is 42.3. The van der Waals surface area contributed by atoms with Crippen LogP contribution in [0.5, 0.6) is 5.75 Å². The number of hydrogen-bond donors (Lipinski definition) is 1. The van der Waals surface area contributed by atoms with Crippen LogP contribution in [0.2, 0.25) is 0 Å². The number of nitrogens with one attached hydrogen (secondary N) is 1. The van der Waals surface area contributed by atoms with E-state index in [2.05, 4.69) is 15.0 Å². The molecule has 14 heteroatoms. The summed E-state index contributed by atoms with van der Waals surface area (Å²) >= 11 is 5.80. The number of hydrogen-bond acceptors (Lipinski definition) is 7. The number of aromatic nitrogens is 2. The molecule has 12 nitrogen and oxygen atoms in total. The molecule has 0 saturated carbocycles. The van der Waals surface area contributed by atoms with Crippen molar-refractivity contribution in [2.75, 3.05) is 16.8 Å². The topological polar surface area (TPSA) is 140 Å². The Morgan fingerprint density at radius 2 is 1.67 bits per heavy atom. The molecule has 1 N–H and O–H groups in total. The summed E-state index contributed by atoms with van der Waals surface area (Å²) in [4.78, 5) is 30.0. The van der Waals surface area contributed by atoms with Crippen LogP contribution >= 0.6 is 12.2 Å². The molecule has 1 aromatic heterocycles. The number of ether oxygens (including phenoxy) is 1. The zero-order valence-electron chi connectivity index (χ0n) is 25.1. The minimum absolute atomic E-state index is 0.0164. The summed E-state index contributed by atoms with van der Waals surface area (Å²) in [5.41, 5.74) is 2.97. The minimum Gasteiger partial charge on any atom is -0.494 e. The lowest BCUT2D eigenvalue weighted by Gasteiger charge is -2.22. The van der Waals surface area contributed by atoms with Crippen molar-refractivity contribution >= 4 is 50.5 Å². The van der Waals surface area contributed by atoms with Crippen LogP contribution in [0.25, 0.3) is 0 Å². The SMILES string of the molecule is CCOc1ccc(N2C(=O)C(CC(=O)Nc3ccc(C)cc3)N(Cc3/c(=N/S(=O)(=O)c4ccc(C)cc4)o[n-][n+]3C)C2=S)cc1. The predicted octanol–water partition coefficient (Wildman–Crippen LogP) is 2.90. The number of carbonyl (C=O) groups is 2. The number of sulfonamides is 1. The molecule has 1 unspecified atom stereocenters. The minimum atomic E-state index is -4.16. The van der Waals surface area contributed by atoms with Crippen molar-refractivity contribution in [2.45, 2.75) is 44.7 Å². The Morgan fingerprint density at radius 3 is 2.29 bits per heavy atom. The fraction of sp³-hybridized carbons (Fsp3) is 0.258. The van der Waals surface area contributed by atoms with Gasteiger partial charge in [0.2, 0.25) is 5.91 Å². The van der Waals surface area contributed by atoms with Gasteiger partial charge in [-0.25, -0.2) is 4.68 Å². The lowest BCUT2D eigenvalue weighted by Crippen LogP contribution is -2.45. The molecule has 1 aliphatic heterocycles. The Kier molecular flexibility index (Phi) is 9.16. The van der Waals surface area contributed by atoms with Crippen LogP contribution < -0.4 is 30.5 Å². The van der Waals surface area contributed by atoms with E-state index in [1.54, 1.807) is 60.5 Å². The summed E-state index contributed by atoms with van der Waals surface area (Å²) in [6.45, 7) is 6.01. The Hall–Kier alpha value is -4.82. The van der Waals surface area contributed by atoms with Gasteiger partial charge in [0.25, 0.3) is 27.2 Å². The molecule has 0 radical (unpaired) electrons. The first kappa shape index (κ1) is 31.6. The molecule has 45 heavy (non-hydrogen) atoms. The molecular weight excluding hydrogens is 617 g/mol. The van der Waals surface area contributed by atoms with Gasteiger partial charge in [-0.3, -0.25) is 19.8 Å². The van der Waals surface area contributed by atoms with E-state index in [-0.39, 0.29) is 34.2 Å².